The molecule has 2 atom stereocenters. The van der Waals surface area contributed by atoms with Crippen LogP contribution in [-0.2, 0) is 0 Å². The van der Waals surface area contributed by atoms with Crippen LogP contribution in [0.15, 0.2) is 31.0 Å². The average molecular weight is 312 g/mol. The lowest BCUT2D eigenvalue weighted by molar-refractivity contribution is 0.457. The van der Waals surface area contributed by atoms with Crippen molar-refractivity contribution < 1.29 is 0 Å². The second-order valence-corrected chi connectivity index (χ2v) is 5.91. The van der Waals surface area contributed by atoms with Crippen LogP contribution >= 0.6 is 11.8 Å². The Bertz CT molecular complexity index is 815. The number of aromatic nitrogens is 5. The van der Waals surface area contributed by atoms with E-state index in [1.165, 1.54) is 0 Å². The van der Waals surface area contributed by atoms with E-state index in [0.29, 0.717) is 0 Å². The fraction of sp³-hybridized carbons (Fsp3) is 0.333. The van der Waals surface area contributed by atoms with Crippen LogP contribution in [0.5, 0.6) is 0 Å². The fourth-order valence-electron chi connectivity index (χ4n) is 2.58. The highest BCUT2D eigenvalue weighted by atomic mass is 32.2. The second-order valence-electron chi connectivity index (χ2n) is 4.93. The van der Waals surface area contributed by atoms with Gasteiger partial charge in [-0.3, -0.25) is 4.68 Å². The number of aromatic amines is 1. The number of thioether (sulfide) groups is 1. The minimum Gasteiger partial charge on any atom is -0.346 e. The Morgan fingerprint density at radius 1 is 1.45 bits per heavy atom. The maximum atomic E-state index is 9.29. The monoisotopic (exact) mass is 312 g/mol. The van der Waals surface area contributed by atoms with Crippen LogP contribution in [0.1, 0.15) is 19.4 Å². The lowest BCUT2D eigenvalue weighted by atomic mass is 10.1. The van der Waals surface area contributed by atoms with Gasteiger partial charge in [-0.1, -0.05) is 6.92 Å². The van der Waals surface area contributed by atoms with E-state index in [2.05, 4.69) is 33.0 Å². The summed E-state index contributed by atoms with van der Waals surface area (Å²) in [4.78, 5) is 11.7. The molecule has 6 nitrogen and oxygen atoms in total. The van der Waals surface area contributed by atoms with E-state index >= 15 is 0 Å². The molecule has 3 aromatic rings. The zero-order chi connectivity index (χ0) is 15.5. The van der Waals surface area contributed by atoms with Gasteiger partial charge >= 0.3 is 0 Å². The van der Waals surface area contributed by atoms with Crippen LogP contribution in [0.3, 0.4) is 0 Å². The zero-order valence-electron chi connectivity index (χ0n) is 12.4. The molecule has 3 heterocycles. The molecule has 3 aromatic heterocycles. The first-order valence-corrected chi connectivity index (χ1v) is 8.32. The van der Waals surface area contributed by atoms with Crippen molar-refractivity contribution in [2.75, 3.05) is 6.26 Å². The first kappa shape index (κ1) is 14.6. The third kappa shape index (κ3) is 2.46. The average Bonchev–Trinajstić information content (AvgIpc) is 3.20. The maximum absolute atomic E-state index is 9.29. The van der Waals surface area contributed by atoms with E-state index in [4.69, 9.17) is 0 Å². The Balaban J connectivity index is 2.00. The molecule has 0 bridgehead atoms. The molecule has 3 rings (SSSR count). The number of nitriles is 1. The lowest BCUT2D eigenvalue weighted by Crippen LogP contribution is -2.20. The lowest BCUT2D eigenvalue weighted by Gasteiger charge is -2.19. The normalized spacial score (nSPS) is 13.9. The molecule has 0 aliphatic heterocycles. The molecule has 1 unspecified atom stereocenters. The predicted octanol–water partition coefficient (Wildman–Crippen LogP) is 3.03. The summed E-state index contributed by atoms with van der Waals surface area (Å²) >= 11 is 1.55. The molecule has 112 valence electrons. The van der Waals surface area contributed by atoms with Crippen molar-refractivity contribution >= 4 is 22.8 Å². The minimum atomic E-state index is -0.115. The highest BCUT2D eigenvalue weighted by molar-refractivity contribution is 7.99. The van der Waals surface area contributed by atoms with Gasteiger partial charge in [0.25, 0.3) is 0 Å². The summed E-state index contributed by atoms with van der Waals surface area (Å²) < 4.78 is 1.88. The van der Waals surface area contributed by atoms with Crippen LogP contribution in [0.2, 0.25) is 0 Å². The van der Waals surface area contributed by atoms with Crippen molar-refractivity contribution in [1.29, 1.82) is 5.26 Å². The molecule has 0 saturated heterocycles. The molecular weight excluding hydrogens is 296 g/mol. The van der Waals surface area contributed by atoms with Crippen molar-refractivity contribution in [3.05, 3.63) is 31.0 Å². The number of fused-ring (bicyclic) bond motifs is 1. The molecule has 0 fully saturated rings. The van der Waals surface area contributed by atoms with Gasteiger partial charge in [-0.2, -0.15) is 10.4 Å². The van der Waals surface area contributed by atoms with E-state index < -0.39 is 0 Å². The highest BCUT2D eigenvalue weighted by Gasteiger charge is 2.22. The van der Waals surface area contributed by atoms with E-state index in [-0.39, 0.29) is 11.3 Å². The molecule has 0 aliphatic rings. The van der Waals surface area contributed by atoms with Gasteiger partial charge in [0.15, 0.2) is 0 Å². The van der Waals surface area contributed by atoms with Crippen LogP contribution in [0.25, 0.3) is 22.3 Å². The van der Waals surface area contributed by atoms with E-state index in [0.717, 1.165) is 28.7 Å². The molecule has 0 radical (unpaired) electrons. The molecule has 0 aliphatic carbocycles. The van der Waals surface area contributed by atoms with Crippen LogP contribution < -0.4 is 0 Å². The van der Waals surface area contributed by atoms with Crippen molar-refractivity contribution in [3.8, 4) is 17.3 Å². The standard InChI is InChI=1S/C15H16N6S/c1-3-12(13(6-16)22-2)21-8-10(7-20-21)14-11-4-5-17-15(11)19-9-18-14/h4-5,7-9,12-13H,3H2,1-2H3,(H,17,18,19)/t12?,13-/m1/s1. The Morgan fingerprint density at radius 2 is 2.32 bits per heavy atom. The number of hydrogen-bond acceptors (Lipinski definition) is 5. The van der Waals surface area contributed by atoms with Crippen LogP contribution in [0, 0.1) is 11.3 Å². The Kier molecular flexibility index (Phi) is 4.11. The molecule has 1 N–H and O–H groups in total. The zero-order valence-corrected chi connectivity index (χ0v) is 13.2. The van der Waals surface area contributed by atoms with Gasteiger partial charge in [-0.25, -0.2) is 9.97 Å². The van der Waals surface area contributed by atoms with Gasteiger partial charge in [-0.05, 0) is 18.7 Å². The van der Waals surface area contributed by atoms with Gasteiger partial charge in [-0.15, -0.1) is 11.8 Å². The molecular formula is C15H16N6S. The van der Waals surface area contributed by atoms with Gasteiger partial charge in [0, 0.05) is 23.3 Å². The number of H-pyrrole nitrogens is 1. The molecule has 22 heavy (non-hydrogen) atoms. The van der Waals surface area contributed by atoms with Gasteiger partial charge in [0.2, 0.25) is 0 Å². The topological polar surface area (TPSA) is 83.2 Å². The van der Waals surface area contributed by atoms with Crippen molar-refractivity contribution in [2.45, 2.75) is 24.6 Å². The minimum absolute atomic E-state index is 0.0531. The summed E-state index contributed by atoms with van der Waals surface area (Å²) in [7, 11) is 0. The van der Waals surface area contributed by atoms with Crippen LogP contribution in [0.4, 0.5) is 0 Å². The van der Waals surface area contributed by atoms with E-state index in [9.17, 15) is 5.26 Å². The third-order valence-electron chi connectivity index (χ3n) is 3.72. The quantitative estimate of drug-likeness (QED) is 0.783. The van der Waals surface area contributed by atoms with Crippen molar-refractivity contribution in [2.24, 2.45) is 0 Å². The largest absolute Gasteiger partial charge is 0.346 e. The van der Waals surface area contributed by atoms with Crippen LogP contribution in [-0.4, -0.2) is 36.2 Å². The summed E-state index contributed by atoms with van der Waals surface area (Å²) in [5, 5.41) is 14.6. The van der Waals surface area contributed by atoms with E-state index in [1.54, 1.807) is 24.3 Å². The summed E-state index contributed by atoms with van der Waals surface area (Å²) in [6.07, 6.45) is 9.96. The van der Waals surface area contributed by atoms with Gasteiger partial charge in [0.1, 0.15) is 17.2 Å². The number of rotatable bonds is 5. The second kappa shape index (κ2) is 6.20. The summed E-state index contributed by atoms with van der Waals surface area (Å²) in [5.74, 6) is 0. The SMILES string of the molecule is CCC([C@@H](C#N)SC)n1cc(-c2ncnc3[nH]ccc23)cn1. The molecule has 0 aromatic carbocycles. The molecule has 0 saturated carbocycles. The fourth-order valence-corrected chi connectivity index (χ4v) is 3.32. The molecule has 7 heteroatoms. The first-order valence-electron chi connectivity index (χ1n) is 7.03. The molecule has 0 spiro atoms. The van der Waals surface area contributed by atoms with E-state index in [1.807, 2.05) is 29.4 Å². The highest BCUT2D eigenvalue weighted by Crippen LogP contribution is 2.28. The summed E-state index contributed by atoms with van der Waals surface area (Å²) in [6.45, 7) is 2.07. The summed E-state index contributed by atoms with van der Waals surface area (Å²) in [5.41, 5.74) is 2.59. The third-order valence-corrected chi connectivity index (χ3v) is 4.65. The Hall–Kier alpha value is -2.33. The number of hydrogen-bond donors (Lipinski definition) is 1. The smallest absolute Gasteiger partial charge is 0.141 e. The maximum Gasteiger partial charge on any atom is 0.141 e. The van der Waals surface area contributed by atoms with Gasteiger partial charge < -0.3 is 4.98 Å². The first-order chi connectivity index (χ1) is 10.8. The predicted molar refractivity (Wildman–Crippen MR) is 87.4 cm³/mol. The van der Waals surface area contributed by atoms with Gasteiger partial charge in [0.05, 0.1) is 24.0 Å². The number of nitrogens with one attached hydrogen (secondary N) is 1. The Morgan fingerprint density at radius 3 is 3.05 bits per heavy atom. The Labute approximate surface area is 132 Å². The van der Waals surface area contributed by atoms with Crippen molar-refractivity contribution in [1.82, 2.24) is 24.7 Å². The summed E-state index contributed by atoms with van der Waals surface area (Å²) in [6, 6.07) is 4.36. The molecule has 0 amide bonds. The number of nitrogens with zero attached hydrogens (tertiary/aromatic N) is 5. The van der Waals surface area contributed by atoms with Crippen molar-refractivity contribution in [3.63, 3.8) is 0 Å².